The highest BCUT2D eigenvalue weighted by molar-refractivity contribution is 4.24. The van der Waals surface area contributed by atoms with Gasteiger partial charge in [-0.25, -0.2) is 5.43 Å². The zero-order valence-corrected chi connectivity index (χ0v) is 3.60. The van der Waals surface area contributed by atoms with Gasteiger partial charge in [-0.05, 0) is 6.92 Å². The summed E-state index contributed by atoms with van der Waals surface area (Å²) in [7, 11) is 0. The predicted molar refractivity (Wildman–Crippen MR) is 22.6 cm³/mol. The molecule has 0 saturated carbocycles. The minimum atomic E-state index is -0.588. The van der Waals surface area contributed by atoms with Gasteiger partial charge >= 0.3 is 0 Å². The predicted octanol–water partition coefficient (Wildman–Crippen LogP) is -2.04. The molecule has 0 aliphatic rings. The lowest BCUT2D eigenvalue weighted by atomic mass is 10.7. The van der Waals surface area contributed by atoms with Crippen molar-refractivity contribution in [1.82, 2.24) is 5.43 Å². The van der Waals surface area contributed by atoms with Crippen molar-refractivity contribution in [3.05, 3.63) is 0 Å². The van der Waals surface area contributed by atoms with Crippen LogP contribution < -0.4 is 11.3 Å². The maximum absolute atomic E-state index is 8.12. The fourth-order valence-electron chi connectivity index (χ4n) is 0. The lowest BCUT2D eigenvalue weighted by Crippen LogP contribution is -2.31. The summed E-state index contributed by atoms with van der Waals surface area (Å²) in [5.41, 5.74) is 2.08. The highest BCUT2D eigenvalue weighted by Gasteiger charge is 1.78. The van der Waals surface area contributed by atoms with Gasteiger partial charge in [0.25, 0.3) is 0 Å². The average Bonchev–Trinajstić information content (AvgIpc) is 1.38. The topological polar surface area (TPSA) is 89.8 Å². The molecule has 0 aromatic carbocycles. The Morgan fingerprint density at radius 2 is 2.00 bits per heavy atom. The third-order valence-electron chi connectivity index (χ3n) is 0.241. The number of aliphatic hydroxyl groups is 1. The number of hydrogen-bond donors (Lipinski definition) is 3. The van der Waals surface area contributed by atoms with Gasteiger partial charge in [0.05, 0.1) is 0 Å². The molecule has 0 amide bonds. The molecule has 4 heteroatoms. The van der Waals surface area contributed by atoms with E-state index < -0.39 is 6.23 Å². The molecule has 0 radical (unpaired) electrons. The number of nitrogens with two attached hydrogens (primary N) is 1. The normalized spacial score (nSPS) is 12.5. The summed E-state index contributed by atoms with van der Waals surface area (Å²) in [6.07, 6.45) is -0.588. The van der Waals surface area contributed by atoms with Crippen LogP contribution in [0.25, 0.3) is 0 Å². The van der Waals surface area contributed by atoms with Crippen molar-refractivity contribution in [2.75, 3.05) is 0 Å². The van der Waals surface area contributed by atoms with Gasteiger partial charge in [-0.15, -0.1) is 0 Å². The van der Waals surface area contributed by atoms with Crippen LogP contribution in [0.1, 0.15) is 6.92 Å². The van der Waals surface area contributed by atoms with Crippen molar-refractivity contribution >= 4 is 0 Å². The summed E-state index contributed by atoms with van der Waals surface area (Å²) in [6, 6.07) is 0. The number of nitrogens with one attached hydrogen (secondary N) is 1. The van der Waals surface area contributed by atoms with Gasteiger partial charge in [0.2, 0.25) is 0 Å². The molecular weight excluding hydrogens is 84.0 g/mol. The van der Waals surface area contributed by atoms with Crippen molar-refractivity contribution in [2.45, 2.75) is 13.2 Å². The summed E-state index contributed by atoms with van der Waals surface area (Å²) < 4.78 is 0. The van der Waals surface area contributed by atoms with Crippen molar-refractivity contribution < 1.29 is 10.6 Å². The van der Waals surface area contributed by atoms with Crippen LogP contribution in [0.3, 0.4) is 0 Å². The molecule has 0 aromatic rings. The summed E-state index contributed by atoms with van der Waals surface area (Å²) in [5, 5.41) is 8.12. The first-order valence-electron chi connectivity index (χ1n) is 1.41. The standard InChI is InChI=1S/C2H8N2O.H2O/c1-2(5)4-3;/h2,4-5H,3H2,1H3;1H2. The summed E-state index contributed by atoms with van der Waals surface area (Å²) in [4.78, 5) is 0. The Hall–Kier alpha value is -0.160. The van der Waals surface area contributed by atoms with Crippen LogP contribution in [0.15, 0.2) is 0 Å². The van der Waals surface area contributed by atoms with Crippen molar-refractivity contribution in [3.63, 3.8) is 0 Å². The summed E-state index contributed by atoms with van der Waals surface area (Å²) >= 11 is 0. The van der Waals surface area contributed by atoms with Gasteiger partial charge < -0.3 is 10.6 Å². The molecule has 0 bridgehead atoms. The van der Waals surface area contributed by atoms with E-state index in [1.54, 1.807) is 6.92 Å². The van der Waals surface area contributed by atoms with E-state index in [4.69, 9.17) is 5.11 Å². The largest absolute Gasteiger partial charge is 0.412 e. The van der Waals surface area contributed by atoms with Crippen LogP contribution in [0.5, 0.6) is 0 Å². The highest BCUT2D eigenvalue weighted by atomic mass is 16.3. The Morgan fingerprint density at radius 3 is 2.00 bits per heavy atom. The molecule has 1 unspecified atom stereocenters. The fraction of sp³-hybridized carbons (Fsp3) is 1.00. The molecule has 0 aliphatic heterocycles. The number of rotatable bonds is 1. The monoisotopic (exact) mass is 94.1 g/mol. The van der Waals surface area contributed by atoms with Crippen LogP contribution >= 0.6 is 0 Å². The second-order valence-electron chi connectivity index (χ2n) is 0.843. The smallest absolute Gasteiger partial charge is 0.114 e. The van der Waals surface area contributed by atoms with Gasteiger partial charge in [-0.3, -0.25) is 5.84 Å². The van der Waals surface area contributed by atoms with Gasteiger partial charge in [-0.1, -0.05) is 0 Å². The fourth-order valence-corrected chi connectivity index (χ4v) is 0. The maximum atomic E-state index is 8.12. The second kappa shape index (κ2) is 4.84. The van der Waals surface area contributed by atoms with Crippen LogP contribution in [-0.2, 0) is 0 Å². The summed E-state index contributed by atoms with van der Waals surface area (Å²) in [5.74, 6) is 4.67. The minimum absolute atomic E-state index is 0. The van der Waals surface area contributed by atoms with E-state index >= 15 is 0 Å². The quantitative estimate of drug-likeness (QED) is 0.199. The molecule has 40 valence electrons. The van der Waals surface area contributed by atoms with Crippen molar-refractivity contribution in [3.8, 4) is 0 Å². The number of hydrazine groups is 1. The van der Waals surface area contributed by atoms with Crippen LogP contribution in [-0.4, -0.2) is 16.8 Å². The van der Waals surface area contributed by atoms with E-state index in [1.165, 1.54) is 0 Å². The molecule has 4 nitrogen and oxygen atoms in total. The molecule has 0 aliphatic carbocycles. The minimum Gasteiger partial charge on any atom is -0.412 e. The Labute approximate surface area is 36.2 Å². The van der Waals surface area contributed by atoms with E-state index in [0.29, 0.717) is 0 Å². The Bertz CT molecular complexity index is 23.5. The molecule has 1 atom stereocenters. The van der Waals surface area contributed by atoms with Gasteiger partial charge in [0, 0.05) is 0 Å². The molecular formula is C2H10N2O2. The van der Waals surface area contributed by atoms with Crippen molar-refractivity contribution in [2.24, 2.45) is 5.84 Å². The SMILES string of the molecule is CC(O)NN.O. The molecule has 0 heterocycles. The molecule has 6 N–H and O–H groups in total. The molecule has 0 saturated heterocycles. The van der Waals surface area contributed by atoms with Crippen LogP contribution in [0.4, 0.5) is 0 Å². The maximum Gasteiger partial charge on any atom is 0.114 e. The Kier molecular flexibility index (Phi) is 7.48. The molecule has 0 aromatic heterocycles. The van der Waals surface area contributed by atoms with Gasteiger partial charge in [-0.2, -0.15) is 0 Å². The number of aliphatic hydroxyl groups excluding tert-OH is 1. The molecule has 0 rings (SSSR count). The van der Waals surface area contributed by atoms with E-state index in [1.807, 2.05) is 0 Å². The van der Waals surface area contributed by atoms with Crippen LogP contribution in [0, 0.1) is 0 Å². The van der Waals surface area contributed by atoms with E-state index in [-0.39, 0.29) is 5.48 Å². The van der Waals surface area contributed by atoms with Gasteiger partial charge in [0.15, 0.2) is 0 Å². The van der Waals surface area contributed by atoms with E-state index in [9.17, 15) is 0 Å². The zero-order valence-electron chi connectivity index (χ0n) is 3.60. The van der Waals surface area contributed by atoms with Gasteiger partial charge in [0.1, 0.15) is 6.23 Å². The first-order chi connectivity index (χ1) is 2.27. The third-order valence-corrected chi connectivity index (χ3v) is 0.241. The third kappa shape index (κ3) is 9.15. The molecule has 0 fully saturated rings. The van der Waals surface area contributed by atoms with Crippen molar-refractivity contribution in [1.29, 1.82) is 0 Å². The second-order valence-corrected chi connectivity index (χ2v) is 0.843. The molecule has 6 heavy (non-hydrogen) atoms. The first-order valence-corrected chi connectivity index (χ1v) is 1.41. The Morgan fingerprint density at radius 1 is 1.83 bits per heavy atom. The highest BCUT2D eigenvalue weighted by Crippen LogP contribution is 1.57. The Balaban J connectivity index is 0. The first kappa shape index (κ1) is 9.28. The number of hydrogen-bond acceptors (Lipinski definition) is 3. The summed E-state index contributed by atoms with van der Waals surface area (Å²) in [6.45, 7) is 1.54. The zero-order chi connectivity index (χ0) is 4.28. The van der Waals surface area contributed by atoms with E-state index in [0.717, 1.165) is 0 Å². The lowest BCUT2D eigenvalue weighted by Gasteiger charge is -1.94. The molecule has 0 spiro atoms. The lowest BCUT2D eigenvalue weighted by molar-refractivity contribution is 0.158. The average molecular weight is 94.1 g/mol. The van der Waals surface area contributed by atoms with E-state index in [2.05, 4.69) is 11.3 Å². The van der Waals surface area contributed by atoms with Crippen LogP contribution in [0.2, 0.25) is 0 Å².